The number of piperidine rings is 1. The molecule has 0 unspecified atom stereocenters. The number of imidazole rings is 1. The predicted molar refractivity (Wildman–Crippen MR) is 83.4 cm³/mol. The van der Waals surface area contributed by atoms with E-state index in [2.05, 4.69) is 37.5 Å². The zero-order valence-corrected chi connectivity index (χ0v) is 12.6. The molecule has 0 N–H and O–H groups in total. The fraction of sp³-hybridized carbons (Fsp3) is 0.562. The molecule has 5 heteroatoms. The van der Waals surface area contributed by atoms with Crippen LogP contribution in [-0.2, 0) is 6.54 Å². The topological polar surface area (TPSA) is 46.8 Å². The van der Waals surface area contributed by atoms with E-state index in [4.69, 9.17) is 0 Å². The van der Waals surface area contributed by atoms with Gasteiger partial charge >= 0.3 is 0 Å². The molecule has 2 aromatic rings. The zero-order valence-electron chi connectivity index (χ0n) is 12.6. The lowest BCUT2D eigenvalue weighted by atomic mass is 9.97. The van der Waals surface area contributed by atoms with Crippen LogP contribution in [0.1, 0.15) is 44.3 Å². The van der Waals surface area contributed by atoms with Gasteiger partial charge in [0, 0.05) is 50.3 Å². The number of aryl methyl sites for hydroxylation is 1. The first-order valence-corrected chi connectivity index (χ1v) is 7.91. The largest absolute Gasteiger partial charge is 0.340 e. The Labute approximate surface area is 126 Å². The van der Waals surface area contributed by atoms with Gasteiger partial charge in [-0.1, -0.05) is 13.3 Å². The van der Waals surface area contributed by atoms with Gasteiger partial charge in [-0.05, 0) is 25.3 Å². The minimum atomic E-state index is 0.481. The normalized spacial score (nSPS) is 18.9. The van der Waals surface area contributed by atoms with E-state index in [1.165, 1.54) is 31.5 Å². The highest BCUT2D eigenvalue weighted by atomic mass is 15.3. The Morgan fingerprint density at radius 3 is 2.86 bits per heavy atom. The fourth-order valence-corrected chi connectivity index (χ4v) is 3.02. The Morgan fingerprint density at radius 2 is 2.05 bits per heavy atom. The monoisotopic (exact) mass is 285 g/mol. The third kappa shape index (κ3) is 3.23. The number of hydrogen-bond acceptors (Lipinski definition) is 4. The minimum Gasteiger partial charge on any atom is -0.340 e. The van der Waals surface area contributed by atoms with Crippen molar-refractivity contribution < 1.29 is 0 Å². The first-order valence-electron chi connectivity index (χ1n) is 7.91. The van der Waals surface area contributed by atoms with Crippen LogP contribution < -0.4 is 4.90 Å². The van der Waals surface area contributed by atoms with Crippen LogP contribution in [0.15, 0.2) is 30.9 Å². The van der Waals surface area contributed by atoms with Crippen molar-refractivity contribution in [1.29, 1.82) is 0 Å². The molecule has 0 saturated carbocycles. The Kier molecular flexibility index (Phi) is 4.48. The van der Waals surface area contributed by atoms with Gasteiger partial charge in [0.2, 0.25) is 5.95 Å². The second-order valence-electron chi connectivity index (χ2n) is 5.67. The van der Waals surface area contributed by atoms with Gasteiger partial charge in [-0.3, -0.25) is 0 Å². The van der Waals surface area contributed by atoms with Gasteiger partial charge in [0.15, 0.2) is 0 Å². The van der Waals surface area contributed by atoms with Crippen molar-refractivity contribution in [2.45, 2.75) is 45.1 Å². The summed E-state index contributed by atoms with van der Waals surface area (Å²) in [5.74, 6) is 2.55. The molecule has 1 atom stereocenters. The SMILES string of the molecule is CCCCn1ccnc1[C@H]1CCCN(c2ncccn2)C1. The van der Waals surface area contributed by atoms with Crippen molar-refractivity contribution in [3.05, 3.63) is 36.7 Å². The molecule has 0 aromatic carbocycles. The average Bonchev–Trinajstić information content (AvgIpc) is 3.02. The molecular weight excluding hydrogens is 262 g/mol. The van der Waals surface area contributed by atoms with E-state index in [9.17, 15) is 0 Å². The van der Waals surface area contributed by atoms with Crippen LogP contribution in [0, 0.1) is 0 Å². The first-order chi connectivity index (χ1) is 10.4. The summed E-state index contributed by atoms with van der Waals surface area (Å²) in [4.78, 5) is 15.7. The van der Waals surface area contributed by atoms with Crippen LogP contribution in [0.25, 0.3) is 0 Å². The maximum absolute atomic E-state index is 4.62. The van der Waals surface area contributed by atoms with E-state index in [0.717, 1.165) is 25.6 Å². The molecule has 0 aliphatic carbocycles. The van der Waals surface area contributed by atoms with E-state index in [1.54, 1.807) is 0 Å². The standard InChI is InChI=1S/C16H23N5/c1-2-3-10-20-12-9-17-15(20)14-6-4-11-21(13-14)16-18-7-5-8-19-16/h5,7-9,12,14H,2-4,6,10-11,13H2,1H3/t14-/m0/s1. The van der Waals surface area contributed by atoms with E-state index in [-0.39, 0.29) is 0 Å². The summed E-state index contributed by atoms with van der Waals surface area (Å²) in [5, 5.41) is 0. The van der Waals surface area contributed by atoms with Crippen LogP contribution in [0.3, 0.4) is 0 Å². The molecule has 21 heavy (non-hydrogen) atoms. The van der Waals surface area contributed by atoms with Crippen molar-refractivity contribution in [2.75, 3.05) is 18.0 Å². The summed E-state index contributed by atoms with van der Waals surface area (Å²) in [6, 6.07) is 1.86. The molecule has 1 aliphatic rings. The van der Waals surface area contributed by atoms with Gasteiger partial charge in [-0.2, -0.15) is 0 Å². The van der Waals surface area contributed by atoms with Gasteiger partial charge in [-0.25, -0.2) is 15.0 Å². The lowest BCUT2D eigenvalue weighted by Crippen LogP contribution is -2.36. The van der Waals surface area contributed by atoms with Crippen molar-refractivity contribution in [1.82, 2.24) is 19.5 Å². The van der Waals surface area contributed by atoms with Gasteiger partial charge in [0.05, 0.1) is 0 Å². The van der Waals surface area contributed by atoms with E-state index >= 15 is 0 Å². The molecule has 3 heterocycles. The molecule has 0 bridgehead atoms. The molecule has 1 saturated heterocycles. The average molecular weight is 285 g/mol. The molecule has 2 aromatic heterocycles. The molecule has 3 rings (SSSR count). The van der Waals surface area contributed by atoms with Crippen molar-refractivity contribution >= 4 is 5.95 Å². The third-order valence-corrected chi connectivity index (χ3v) is 4.12. The Balaban J connectivity index is 1.73. The molecule has 0 spiro atoms. The quantitative estimate of drug-likeness (QED) is 0.847. The first kappa shape index (κ1) is 14.0. The van der Waals surface area contributed by atoms with E-state index in [1.807, 2.05) is 24.7 Å². The number of aromatic nitrogens is 4. The number of nitrogens with zero attached hydrogens (tertiary/aromatic N) is 5. The van der Waals surface area contributed by atoms with Gasteiger partial charge in [-0.15, -0.1) is 0 Å². The second-order valence-corrected chi connectivity index (χ2v) is 5.67. The van der Waals surface area contributed by atoms with Crippen LogP contribution in [0.2, 0.25) is 0 Å². The summed E-state index contributed by atoms with van der Waals surface area (Å²) >= 11 is 0. The van der Waals surface area contributed by atoms with Crippen LogP contribution in [0.5, 0.6) is 0 Å². The van der Waals surface area contributed by atoms with Gasteiger partial charge in [0.1, 0.15) is 5.82 Å². The number of hydrogen-bond donors (Lipinski definition) is 0. The van der Waals surface area contributed by atoms with Crippen LogP contribution in [-0.4, -0.2) is 32.6 Å². The molecular formula is C16H23N5. The Morgan fingerprint density at radius 1 is 1.19 bits per heavy atom. The highest BCUT2D eigenvalue weighted by Gasteiger charge is 2.25. The van der Waals surface area contributed by atoms with E-state index < -0.39 is 0 Å². The predicted octanol–water partition coefficient (Wildman–Crippen LogP) is 2.86. The van der Waals surface area contributed by atoms with Crippen LogP contribution in [0.4, 0.5) is 5.95 Å². The second kappa shape index (κ2) is 6.70. The minimum absolute atomic E-state index is 0.481. The summed E-state index contributed by atoms with van der Waals surface area (Å²) < 4.78 is 2.32. The highest BCUT2D eigenvalue weighted by Crippen LogP contribution is 2.27. The molecule has 1 aliphatic heterocycles. The van der Waals surface area contributed by atoms with Crippen molar-refractivity contribution in [3.63, 3.8) is 0 Å². The molecule has 0 radical (unpaired) electrons. The smallest absolute Gasteiger partial charge is 0.225 e. The van der Waals surface area contributed by atoms with Gasteiger partial charge < -0.3 is 9.47 Å². The van der Waals surface area contributed by atoms with Crippen molar-refractivity contribution in [3.8, 4) is 0 Å². The highest BCUT2D eigenvalue weighted by molar-refractivity contribution is 5.30. The number of anilines is 1. The van der Waals surface area contributed by atoms with E-state index in [0.29, 0.717) is 5.92 Å². The van der Waals surface area contributed by atoms with Crippen molar-refractivity contribution in [2.24, 2.45) is 0 Å². The molecule has 1 fully saturated rings. The zero-order chi connectivity index (χ0) is 14.5. The van der Waals surface area contributed by atoms with Crippen LogP contribution >= 0.6 is 0 Å². The lowest BCUT2D eigenvalue weighted by Gasteiger charge is -2.32. The Hall–Kier alpha value is -1.91. The fourth-order valence-electron chi connectivity index (χ4n) is 3.02. The number of unbranched alkanes of at least 4 members (excludes halogenated alkanes) is 1. The maximum atomic E-state index is 4.62. The maximum Gasteiger partial charge on any atom is 0.225 e. The summed E-state index contributed by atoms with van der Waals surface area (Å²) in [6.07, 6.45) is 12.5. The molecule has 0 amide bonds. The summed E-state index contributed by atoms with van der Waals surface area (Å²) in [7, 11) is 0. The Bertz CT molecular complexity index is 551. The summed E-state index contributed by atoms with van der Waals surface area (Å²) in [5.41, 5.74) is 0. The van der Waals surface area contributed by atoms with Gasteiger partial charge in [0.25, 0.3) is 0 Å². The third-order valence-electron chi connectivity index (χ3n) is 4.12. The molecule has 112 valence electrons. The summed E-state index contributed by atoms with van der Waals surface area (Å²) in [6.45, 7) is 5.30. The number of rotatable bonds is 5. The lowest BCUT2D eigenvalue weighted by molar-refractivity contribution is 0.461. The molecule has 5 nitrogen and oxygen atoms in total.